The monoisotopic (exact) mass is 312 g/mol. The highest BCUT2D eigenvalue weighted by atomic mass is 32.2. The maximum absolute atomic E-state index is 10.6. The molecule has 20 heavy (non-hydrogen) atoms. The standard InChI is InChI=1S/C13H16N2O3S2/c14-13-15(8-4-5-9-20(16,17)18)12(10-19-13)11-6-2-1-3-7-11/h1-3,6-7,10,14H,4-5,8-9H2,(H,16,17,18). The fraction of sp³-hybridized carbons (Fsp3) is 0.308. The van der Waals surface area contributed by atoms with E-state index in [1.54, 1.807) is 0 Å². The van der Waals surface area contributed by atoms with E-state index in [1.807, 2.05) is 40.3 Å². The Morgan fingerprint density at radius 2 is 1.90 bits per heavy atom. The van der Waals surface area contributed by atoms with Crippen molar-refractivity contribution < 1.29 is 17.5 Å². The molecule has 0 saturated heterocycles. The number of thiazole rings is 1. The van der Waals surface area contributed by atoms with Crippen molar-refractivity contribution in [3.05, 3.63) is 35.7 Å². The molecule has 0 radical (unpaired) electrons. The topological polar surface area (TPSA) is 87.1 Å². The second-order valence-electron chi connectivity index (χ2n) is 4.45. The summed E-state index contributed by atoms with van der Waals surface area (Å²) in [5.74, 6) is -0.321. The van der Waals surface area contributed by atoms with Crippen molar-refractivity contribution in [2.75, 3.05) is 11.5 Å². The molecule has 108 valence electrons. The Kier molecular flexibility index (Phi) is 4.74. The highest BCUT2D eigenvalue weighted by molar-refractivity contribution is 7.85. The van der Waals surface area contributed by atoms with Crippen LogP contribution in [0.1, 0.15) is 12.8 Å². The molecule has 7 heteroatoms. The van der Waals surface area contributed by atoms with Crippen molar-refractivity contribution in [3.63, 3.8) is 0 Å². The van der Waals surface area contributed by atoms with Gasteiger partial charge in [-0.15, -0.1) is 0 Å². The number of nitrogens with zero attached hydrogens (tertiary/aromatic N) is 1. The van der Waals surface area contributed by atoms with Crippen LogP contribution in [0.5, 0.6) is 0 Å². The Bertz CT molecular complexity index is 666. The Hall–Kier alpha value is -1.44. The van der Waals surface area contributed by atoms with E-state index >= 15 is 0 Å². The van der Waals surface area contributed by atoms with E-state index < -0.39 is 10.1 Å². The first-order valence-electron chi connectivity index (χ1n) is 6.23. The molecule has 0 aliphatic heterocycles. The largest absolute Gasteiger partial charge is 0.748 e. The Morgan fingerprint density at radius 1 is 1.20 bits per heavy atom. The molecule has 5 nitrogen and oxygen atoms in total. The lowest BCUT2D eigenvalue weighted by Gasteiger charge is -2.07. The summed E-state index contributed by atoms with van der Waals surface area (Å²) in [6.07, 6.45) is 0.954. The van der Waals surface area contributed by atoms with Gasteiger partial charge in [-0.2, -0.15) is 0 Å². The van der Waals surface area contributed by atoms with Gasteiger partial charge in [0.15, 0.2) is 0 Å². The van der Waals surface area contributed by atoms with E-state index in [-0.39, 0.29) is 5.75 Å². The third-order valence-corrected chi connectivity index (χ3v) is 4.54. The number of hydrogen-bond donors (Lipinski definition) is 1. The maximum Gasteiger partial charge on any atom is 0.332 e. The number of anilines is 1. The van der Waals surface area contributed by atoms with Gasteiger partial charge in [0.25, 0.3) is 0 Å². The fourth-order valence-electron chi connectivity index (χ4n) is 1.97. The molecule has 0 amide bonds. The number of unbranched alkanes of at least 4 members (excludes halogenated alkanes) is 1. The van der Waals surface area contributed by atoms with Gasteiger partial charge in [-0.3, -0.25) is 5.73 Å². The predicted octanol–water partition coefficient (Wildman–Crippen LogP) is 1.61. The zero-order valence-electron chi connectivity index (χ0n) is 10.9. The predicted molar refractivity (Wildman–Crippen MR) is 78.2 cm³/mol. The first kappa shape index (κ1) is 15.0. The molecule has 1 aromatic heterocycles. The van der Waals surface area contributed by atoms with E-state index in [0.717, 1.165) is 11.3 Å². The van der Waals surface area contributed by atoms with Gasteiger partial charge >= 0.3 is 5.13 Å². The van der Waals surface area contributed by atoms with Crippen LogP contribution >= 0.6 is 11.3 Å². The summed E-state index contributed by atoms with van der Waals surface area (Å²) in [4.78, 5) is 0. The van der Waals surface area contributed by atoms with Gasteiger partial charge in [-0.25, -0.2) is 13.0 Å². The number of aromatic nitrogens is 1. The van der Waals surface area contributed by atoms with Gasteiger partial charge in [0, 0.05) is 16.7 Å². The number of nitrogen functional groups attached to an aromatic ring is 1. The highest BCUT2D eigenvalue weighted by Crippen LogP contribution is 2.21. The van der Waals surface area contributed by atoms with Crippen molar-refractivity contribution in [1.82, 2.24) is 0 Å². The Balaban J connectivity index is 2.07. The summed E-state index contributed by atoms with van der Waals surface area (Å²) in [7, 11) is -4.13. The lowest BCUT2D eigenvalue weighted by Crippen LogP contribution is -2.36. The molecule has 0 saturated carbocycles. The van der Waals surface area contributed by atoms with Crippen molar-refractivity contribution in [2.45, 2.75) is 19.4 Å². The minimum atomic E-state index is -4.13. The van der Waals surface area contributed by atoms with Crippen LogP contribution in [0.4, 0.5) is 5.13 Å². The second kappa shape index (κ2) is 6.34. The Morgan fingerprint density at radius 3 is 2.55 bits per heavy atom. The van der Waals surface area contributed by atoms with Gasteiger partial charge in [-0.1, -0.05) is 41.7 Å². The molecular weight excluding hydrogens is 296 g/mol. The SMILES string of the molecule is Nc1scc(-c2ccccc2)[n+]1CCCCS(=O)(=O)[O-]. The number of rotatable bonds is 6. The molecule has 1 aromatic carbocycles. The molecule has 0 aliphatic rings. The van der Waals surface area contributed by atoms with Crippen LogP contribution in [0.15, 0.2) is 35.7 Å². The van der Waals surface area contributed by atoms with Gasteiger partial charge in [0.1, 0.15) is 5.69 Å². The molecular formula is C13H16N2O3S2. The third-order valence-electron chi connectivity index (χ3n) is 2.94. The number of hydrogen-bond acceptors (Lipinski definition) is 5. The summed E-state index contributed by atoms with van der Waals surface area (Å²) in [5, 5.41) is 2.66. The van der Waals surface area contributed by atoms with E-state index in [4.69, 9.17) is 5.73 Å². The van der Waals surface area contributed by atoms with Crippen LogP contribution in [0.2, 0.25) is 0 Å². The molecule has 0 fully saturated rings. The van der Waals surface area contributed by atoms with Crippen LogP contribution in [0.25, 0.3) is 11.3 Å². The highest BCUT2D eigenvalue weighted by Gasteiger charge is 2.15. The minimum Gasteiger partial charge on any atom is -0.748 e. The van der Waals surface area contributed by atoms with Gasteiger partial charge in [0.05, 0.1) is 16.7 Å². The molecule has 0 unspecified atom stereocenters. The summed E-state index contributed by atoms with van der Waals surface area (Å²) < 4.78 is 33.6. The lowest BCUT2D eigenvalue weighted by atomic mass is 10.2. The molecule has 1 heterocycles. The van der Waals surface area contributed by atoms with E-state index in [2.05, 4.69) is 0 Å². The minimum absolute atomic E-state index is 0.321. The van der Waals surface area contributed by atoms with Crippen LogP contribution in [-0.4, -0.2) is 18.7 Å². The molecule has 2 N–H and O–H groups in total. The Labute approximate surface area is 122 Å². The average molecular weight is 312 g/mol. The zero-order chi connectivity index (χ0) is 14.6. The van der Waals surface area contributed by atoms with Gasteiger partial charge < -0.3 is 4.55 Å². The van der Waals surface area contributed by atoms with Crippen LogP contribution in [-0.2, 0) is 16.7 Å². The van der Waals surface area contributed by atoms with Crippen LogP contribution in [0.3, 0.4) is 0 Å². The summed E-state index contributed by atoms with van der Waals surface area (Å²) >= 11 is 1.45. The normalized spacial score (nSPS) is 11.7. The molecule has 2 aromatic rings. The number of benzene rings is 1. The maximum atomic E-state index is 10.6. The van der Waals surface area contributed by atoms with E-state index in [1.165, 1.54) is 11.3 Å². The molecule has 0 spiro atoms. The van der Waals surface area contributed by atoms with Crippen molar-refractivity contribution in [3.8, 4) is 11.3 Å². The molecule has 2 rings (SSSR count). The summed E-state index contributed by atoms with van der Waals surface area (Å²) in [5.41, 5.74) is 8.03. The van der Waals surface area contributed by atoms with Crippen LogP contribution in [0, 0.1) is 0 Å². The molecule has 0 bridgehead atoms. The second-order valence-corrected chi connectivity index (χ2v) is 6.86. The first-order valence-corrected chi connectivity index (χ1v) is 8.69. The fourth-order valence-corrected chi connectivity index (χ4v) is 3.34. The molecule has 0 atom stereocenters. The van der Waals surface area contributed by atoms with Crippen molar-refractivity contribution >= 4 is 26.6 Å². The third kappa shape index (κ3) is 4.03. The van der Waals surface area contributed by atoms with Crippen molar-refractivity contribution in [2.24, 2.45) is 0 Å². The smallest absolute Gasteiger partial charge is 0.332 e. The van der Waals surface area contributed by atoms with E-state index in [9.17, 15) is 13.0 Å². The van der Waals surface area contributed by atoms with Crippen molar-refractivity contribution in [1.29, 1.82) is 0 Å². The zero-order valence-corrected chi connectivity index (χ0v) is 12.5. The average Bonchev–Trinajstić information content (AvgIpc) is 2.76. The quantitative estimate of drug-likeness (QED) is 0.499. The summed E-state index contributed by atoms with van der Waals surface area (Å²) in [6, 6.07) is 9.86. The van der Waals surface area contributed by atoms with Crippen LogP contribution < -0.4 is 10.3 Å². The first-order chi connectivity index (χ1) is 9.47. The number of nitrogens with two attached hydrogens (primary N) is 1. The lowest BCUT2D eigenvalue weighted by molar-refractivity contribution is -0.668. The molecule has 0 aliphatic carbocycles. The van der Waals surface area contributed by atoms with E-state index in [0.29, 0.717) is 24.5 Å². The summed E-state index contributed by atoms with van der Waals surface area (Å²) in [6.45, 7) is 0.606. The van der Waals surface area contributed by atoms with Gasteiger partial charge in [-0.05, 0) is 12.8 Å². The van der Waals surface area contributed by atoms with Gasteiger partial charge in [0.2, 0.25) is 0 Å².